The number of anilines is 1. The molecule has 2 bridgehead atoms. The summed E-state index contributed by atoms with van der Waals surface area (Å²) in [6.45, 7) is 7.09. The summed E-state index contributed by atoms with van der Waals surface area (Å²) in [5.41, 5.74) is 1.87. The Labute approximate surface area is 148 Å². The van der Waals surface area contributed by atoms with Crippen LogP contribution in [-0.2, 0) is 0 Å². The number of urea groups is 1. The van der Waals surface area contributed by atoms with E-state index in [-0.39, 0.29) is 30.6 Å². The second kappa shape index (κ2) is 7.04. The van der Waals surface area contributed by atoms with E-state index in [1.54, 1.807) is 0 Å². The fourth-order valence-corrected chi connectivity index (χ4v) is 4.30. The molecule has 1 aromatic rings. The summed E-state index contributed by atoms with van der Waals surface area (Å²) in [6, 6.07) is 7.81. The summed E-state index contributed by atoms with van der Waals surface area (Å²) in [5, 5.41) is 11.7. The van der Waals surface area contributed by atoms with Crippen LogP contribution in [0, 0.1) is 11.3 Å². The first-order valence-corrected chi connectivity index (χ1v) is 8.90. The summed E-state index contributed by atoms with van der Waals surface area (Å²) in [4.78, 5) is 27.6. The highest BCUT2D eigenvalue weighted by Gasteiger charge is 2.46. The summed E-state index contributed by atoms with van der Waals surface area (Å²) in [7, 11) is 0. The predicted octanol–water partition coefficient (Wildman–Crippen LogP) is 1.74. The first-order chi connectivity index (χ1) is 11.9. The van der Waals surface area contributed by atoms with Gasteiger partial charge < -0.3 is 20.2 Å². The first-order valence-electron chi connectivity index (χ1n) is 8.90. The number of amides is 2. The number of aliphatic hydroxyl groups is 1. The molecule has 0 saturated carbocycles. The number of carbonyl (C=O) groups excluding carboxylic acids is 2. The molecule has 0 spiro atoms. The smallest absolute Gasteiger partial charge is 0.317 e. The summed E-state index contributed by atoms with van der Waals surface area (Å²) >= 11 is 0. The summed E-state index contributed by atoms with van der Waals surface area (Å²) in [5.74, 6) is 0.402. The van der Waals surface area contributed by atoms with E-state index in [4.69, 9.17) is 5.11 Å². The van der Waals surface area contributed by atoms with E-state index in [1.165, 1.54) is 0 Å². The molecule has 0 radical (unpaired) electrons. The molecule has 3 aliphatic heterocycles. The van der Waals surface area contributed by atoms with Crippen molar-refractivity contribution in [2.75, 3.05) is 37.7 Å². The second-order valence-electron chi connectivity index (χ2n) is 7.80. The average Bonchev–Trinajstić information content (AvgIpc) is 2.86. The molecule has 6 heteroatoms. The van der Waals surface area contributed by atoms with Crippen LogP contribution >= 0.6 is 0 Å². The molecule has 3 saturated heterocycles. The van der Waals surface area contributed by atoms with Crippen molar-refractivity contribution in [2.24, 2.45) is 11.3 Å². The third-order valence-electron chi connectivity index (χ3n) is 5.46. The van der Waals surface area contributed by atoms with Gasteiger partial charge in [0.25, 0.3) is 0 Å². The Hall–Kier alpha value is -2.08. The molecule has 3 fully saturated rings. The van der Waals surface area contributed by atoms with Crippen LogP contribution in [0.25, 0.3) is 0 Å². The third kappa shape index (κ3) is 3.63. The van der Waals surface area contributed by atoms with Crippen molar-refractivity contribution < 1.29 is 14.7 Å². The fourth-order valence-electron chi connectivity index (χ4n) is 4.30. The molecular weight excluding hydrogens is 318 g/mol. The van der Waals surface area contributed by atoms with Crippen LogP contribution in [0.4, 0.5) is 10.5 Å². The molecule has 0 aromatic heterocycles. The Bertz CT molecular complexity index is 629. The zero-order valence-electron chi connectivity index (χ0n) is 14.9. The van der Waals surface area contributed by atoms with E-state index in [1.807, 2.05) is 29.2 Å². The van der Waals surface area contributed by atoms with Crippen molar-refractivity contribution in [1.29, 1.82) is 0 Å². The van der Waals surface area contributed by atoms with Crippen molar-refractivity contribution in [3.05, 3.63) is 29.8 Å². The molecule has 0 unspecified atom stereocenters. The molecular formula is C19H27N3O3. The van der Waals surface area contributed by atoms with Crippen LogP contribution in [0.2, 0.25) is 0 Å². The van der Waals surface area contributed by atoms with Crippen LogP contribution in [0.1, 0.15) is 30.6 Å². The van der Waals surface area contributed by atoms with Crippen LogP contribution in [0.5, 0.6) is 0 Å². The lowest BCUT2D eigenvalue weighted by molar-refractivity contribution is 0.112. The Morgan fingerprint density at radius 1 is 1.28 bits per heavy atom. The van der Waals surface area contributed by atoms with E-state index in [0.29, 0.717) is 18.0 Å². The van der Waals surface area contributed by atoms with Gasteiger partial charge in [-0.1, -0.05) is 13.8 Å². The van der Waals surface area contributed by atoms with Crippen LogP contribution in [-0.4, -0.2) is 61.2 Å². The van der Waals surface area contributed by atoms with Gasteiger partial charge in [0.2, 0.25) is 0 Å². The Morgan fingerprint density at radius 3 is 2.64 bits per heavy atom. The van der Waals surface area contributed by atoms with Gasteiger partial charge in [0, 0.05) is 37.4 Å². The summed E-state index contributed by atoms with van der Waals surface area (Å²) < 4.78 is 0. The number of fused-ring (bicyclic) bond motifs is 4. The SMILES string of the molecule is CC1(C)C[C@@H]2CN(C(=O)NCCO)C[C@H]1N(c1ccc(C=O)cc1)C2. The van der Waals surface area contributed by atoms with Gasteiger partial charge in [-0.25, -0.2) is 4.79 Å². The highest BCUT2D eigenvalue weighted by molar-refractivity contribution is 5.76. The van der Waals surface area contributed by atoms with E-state index < -0.39 is 0 Å². The van der Waals surface area contributed by atoms with Gasteiger partial charge in [0.15, 0.2) is 0 Å². The molecule has 6 nitrogen and oxygen atoms in total. The zero-order chi connectivity index (χ0) is 18.0. The minimum Gasteiger partial charge on any atom is -0.395 e. The third-order valence-corrected chi connectivity index (χ3v) is 5.46. The number of piperidine rings is 1. The fraction of sp³-hybridized carbons (Fsp3) is 0.579. The highest BCUT2D eigenvalue weighted by atomic mass is 16.3. The molecule has 2 N–H and O–H groups in total. The number of hydrogen-bond acceptors (Lipinski definition) is 4. The number of aldehydes is 1. The molecule has 2 atom stereocenters. The lowest BCUT2D eigenvalue weighted by Crippen LogP contribution is -2.54. The zero-order valence-corrected chi connectivity index (χ0v) is 14.9. The molecule has 25 heavy (non-hydrogen) atoms. The molecule has 136 valence electrons. The molecule has 3 aliphatic rings. The van der Waals surface area contributed by atoms with Gasteiger partial charge in [0.05, 0.1) is 12.6 Å². The quantitative estimate of drug-likeness (QED) is 0.816. The van der Waals surface area contributed by atoms with Crippen molar-refractivity contribution in [1.82, 2.24) is 10.2 Å². The maximum Gasteiger partial charge on any atom is 0.317 e. The normalized spacial score (nSPS) is 24.8. The topological polar surface area (TPSA) is 72.9 Å². The number of nitrogens with one attached hydrogen (secondary N) is 1. The monoisotopic (exact) mass is 345 g/mol. The van der Waals surface area contributed by atoms with Crippen molar-refractivity contribution in [2.45, 2.75) is 26.3 Å². The number of hydrogen-bond donors (Lipinski definition) is 2. The minimum atomic E-state index is -0.0973. The maximum absolute atomic E-state index is 12.4. The van der Waals surface area contributed by atoms with Gasteiger partial charge in [-0.05, 0) is 42.0 Å². The minimum absolute atomic E-state index is 0.0485. The number of nitrogens with zero attached hydrogens (tertiary/aromatic N) is 2. The molecule has 0 aliphatic carbocycles. The van der Waals surface area contributed by atoms with Crippen LogP contribution < -0.4 is 10.2 Å². The second-order valence-corrected chi connectivity index (χ2v) is 7.80. The highest BCUT2D eigenvalue weighted by Crippen LogP contribution is 2.43. The van der Waals surface area contributed by atoms with E-state index in [0.717, 1.165) is 31.5 Å². The molecule has 2 amide bonds. The summed E-state index contributed by atoms with van der Waals surface area (Å²) in [6.07, 6.45) is 1.94. The van der Waals surface area contributed by atoms with Gasteiger partial charge >= 0.3 is 6.03 Å². The van der Waals surface area contributed by atoms with Crippen molar-refractivity contribution in [3.63, 3.8) is 0 Å². The van der Waals surface area contributed by atoms with E-state index in [9.17, 15) is 9.59 Å². The van der Waals surface area contributed by atoms with E-state index in [2.05, 4.69) is 24.1 Å². The van der Waals surface area contributed by atoms with Gasteiger partial charge in [-0.15, -0.1) is 0 Å². The van der Waals surface area contributed by atoms with Crippen LogP contribution in [0.15, 0.2) is 24.3 Å². The molecule has 3 heterocycles. The lowest BCUT2D eigenvalue weighted by atomic mass is 9.73. The number of benzene rings is 1. The number of rotatable bonds is 4. The number of carbonyl (C=O) groups is 2. The van der Waals surface area contributed by atoms with Crippen LogP contribution in [0.3, 0.4) is 0 Å². The Balaban J connectivity index is 1.84. The Kier molecular flexibility index (Phi) is 4.99. The predicted molar refractivity (Wildman–Crippen MR) is 96.9 cm³/mol. The molecule has 1 aromatic carbocycles. The first kappa shape index (κ1) is 17.7. The van der Waals surface area contributed by atoms with Gasteiger partial charge in [-0.3, -0.25) is 4.79 Å². The van der Waals surface area contributed by atoms with Crippen molar-refractivity contribution >= 4 is 18.0 Å². The van der Waals surface area contributed by atoms with E-state index >= 15 is 0 Å². The van der Waals surface area contributed by atoms with Crippen molar-refractivity contribution in [3.8, 4) is 0 Å². The van der Waals surface area contributed by atoms with Gasteiger partial charge in [-0.2, -0.15) is 0 Å². The largest absolute Gasteiger partial charge is 0.395 e. The van der Waals surface area contributed by atoms with Gasteiger partial charge in [0.1, 0.15) is 6.29 Å². The lowest BCUT2D eigenvalue weighted by Gasteiger charge is -2.48. The Morgan fingerprint density at radius 2 is 2.00 bits per heavy atom. The molecule has 4 rings (SSSR count). The number of aliphatic hydroxyl groups excluding tert-OH is 1. The maximum atomic E-state index is 12.4. The average molecular weight is 345 g/mol. The standard InChI is InChI=1S/C19H27N3O3/c1-19(2)9-15-10-21(18(25)20-7-8-23)12-17(19)22(11-15)16-5-3-14(13-24)4-6-16/h3-6,13,15,17,23H,7-12H2,1-2H3,(H,20,25)/t15-,17-/m1/s1.